The molecule has 0 amide bonds. The molecule has 1 aliphatic heterocycles. The molecule has 2 aromatic rings. The van der Waals surface area contributed by atoms with Gasteiger partial charge in [0.05, 0.1) is 0 Å². The van der Waals surface area contributed by atoms with Crippen LogP contribution < -0.4 is 14.8 Å². The van der Waals surface area contributed by atoms with Crippen LogP contribution in [0.5, 0.6) is 5.75 Å². The van der Waals surface area contributed by atoms with E-state index in [4.69, 9.17) is 9.47 Å². The number of halogens is 2. The van der Waals surface area contributed by atoms with Gasteiger partial charge in [0, 0.05) is 71.2 Å². The number of hydrogen-bond acceptors (Lipinski definition) is 4. The van der Waals surface area contributed by atoms with Gasteiger partial charge in [-0.25, -0.2) is 8.78 Å². The van der Waals surface area contributed by atoms with E-state index in [2.05, 4.69) is 320 Å². The number of anilines is 1. The highest BCUT2D eigenvalue weighted by Crippen LogP contribution is 2.71. The number of rotatable bonds is 18. The Morgan fingerprint density at radius 2 is 1.23 bits per heavy atom. The summed E-state index contributed by atoms with van der Waals surface area (Å²) in [5.74, 6) is 5.12. The van der Waals surface area contributed by atoms with E-state index in [0.717, 1.165) is 123 Å². The lowest BCUT2D eigenvalue weighted by molar-refractivity contribution is 0.0495. The maximum Gasteiger partial charge on any atom is 0.122 e. The van der Waals surface area contributed by atoms with Crippen LogP contribution in [-0.2, 0) is 4.74 Å². The standard InChI is InChI=1S/C110H118F2N2O2Si/c1-9-73-29-57-89(58-30-73)115-91-61-41-79(42-62-91)109(77-37-33-75(34-38-77)107(3,4)5)101-27-19-17-25-95(101)97-65-53-87(71-103(97)109)113(83-49-45-81(111)46-50-83)85-55-67-105-99(69-85)100-70-86(56-68-106(100)117(105,93-21-13-11-14-22-93)94-23-15-12-16-24-94)114(84-51-47-82(112)48-52-84)88-54-66-98-96-26-18-20-28-102(96)110(104(98)72-88,78-39-35-76(36-40-78)108(6,7)8)80-43-63-92(64-44-80)116-90-59-31-74(10-2)32-60-90/h9-13,15,17-21,25-31,33,35-37,39,41-43,45,47,49,51,53-55,57-59,61,63-67,69-72,78,80,91,94-98,100-104,106H,1-2,14,16,22-24,32,34,38,40,44,46,48,50,52,56,60,62,68H2,3-8H3. The quantitative estimate of drug-likeness (QED) is 0.110. The molecule has 17 unspecified atom stereocenters. The molecule has 19 rings (SSSR count). The van der Waals surface area contributed by atoms with Gasteiger partial charge in [0.25, 0.3) is 0 Å². The van der Waals surface area contributed by atoms with Crippen molar-refractivity contribution in [2.75, 3.05) is 4.90 Å². The fourth-order valence-corrected chi connectivity index (χ4v) is 32.8. The van der Waals surface area contributed by atoms with E-state index in [1.807, 2.05) is 12.2 Å². The molecule has 17 atom stereocenters. The third-order valence-corrected chi connectivity index (χ3v) is 37.2. The molecule has 2 fully saturated rings. The summed E-state index contributed by atoms with van der Waals surface area (Å²) < 4.78 is 45.4. The van der Waals surface area contributed by atoms with Crippen molar-refractivity contribution >= 4 is 25.0 Å². The Morgan fingerprint density at radius 3 is 1.86 bits per heavy atom. The minimum absolute atomic E-state index is 0.0300. The summed E-state index contributed by atoms with van der Waals surface area (Å²) in [4.78, 5) is 5.27. The summed E-state index contributed by atoms with van der Waals surface area (Å²) in [5.41, 5.74) is 17.3. The Hall–Kier alpha value is -9.56. The lowest BCUT2D eigenvalue weighted by Gasteiger charge is -2.51. The molecule has 2 aromatic carbocycles. The van der Waals surface area contributed by atoms with Gasteiger partial charge in [0.15, 0.2) is 0 Å². The third kappa shape index (κ3) is 13.6. The zero-order valence-corrected chi connectivity index (χ0v) is 70.8. The normalized spacial score (nSPS) is 34.1. The summed E-state index contributed by atoms with van der Waals surface area (Å²) in [5, 5.41) is 3.35. The highest BCUT2D eigenvalue weighted by Gasteiger charge is 2.65. The molecule has 0 radical (unpaired) electrons. The number of hydrogen-bond donors (Lipinski definition) is 0. The molecular weight excluding hydrogens is 1450 g/mol. The van der Waals surface area contributed by atoms with Crippen molar-refractivity contribution in [2.24, 2.45) is 80.8 Å². The van der Waals surface area contributed by atoms with Crippen molar-refractivity contribution in [3.63, 3.8) is 0 Å². The molecule has 0 bridgehead atoms. The maximum absolute atomic E-state index is 15.9. The summed E-state index contributed by atoms with van der Waals surface area (Å²) in [7, 11) is -2.62. The van der Waals surface area contributed by atoms with E-state index in [1.54, 1.807) is 22.5 Å². The van der Waals surface area contributed by atoms with Gasteiger partial charge < -0.3 is 19.3 Å². The Kier molecular flexibility index (Phi) is 20.7. The molecule has 117 heavy (non-hydrogen) atoms. The van der Waals surface area contributed by atoms with Gasteiger partial charge in [-0.3, -0.25) is 0 Å². The van der Waals surface area contributed by atoms with Crippen molar-refractivity contribution in [1.29, 1.82) is 0 Å². The van der Waals surface area contributed by atoms with E-state index >= 15 is 8.78 Å². The van der Waals surface area contributed by atoms with Crippen LogP contribution in [0.1, 0.15) is 174 Å². The van der Waals surface area contributed by atoms with Crippen molar-refractivity contribution in [1.82, 2.24) is 4.90 Å². The van der Waals surface area contributed by atoms with Crippen molar-refractivity contribution in [3.8, 4) is 5.75 Å². The predicted octanol–water partition coefficient (Wildman–Crippen LogP) is 28.2. The average molecular weight is 1570 g/mol. The first kappa shape index (κ1) is 77.4. The smallest absolute Gasteiger partial charge is 0.122 e. The Balaban J connectivity index is 0.757. The Bertz CT molecular complexity index is 5280. The highest BCUT2D eigenvalue weighted by atomic mass is 28.3. The first-order valence-corrected chi connectivity index (χ1v) is 46.8. The first-order valence-electron chi connectivity index (χ1n) is 44.7. The minimum atomic E-state index is -2.62. The number of allylic oxidation sites excluding steroid dienone is 48. The van der Waals surface area contributed by atoms with E-state index in [0.29, 0.717) is 42.7 Å². The first-order chi connectivity index (χ1) is 56.9. The second-order valence-corrected chi connectivity index (χ2v) is 42.9. The molecular formula is C110H118F2N2O2Si. The molecule has 7 heteroatoms. The lowest BCUT2D eigenvalue weighted by Crippen LogP contribution is -2.55. The molecule has 0 aromatic heterocycles. The molecule has 4 nitrogen and oxygen atoms in total. The summed E-state index contributed by atoms with van der Waals surface area (Å²) in [6, 6.07) is 16.2. The van der Waals surface area contributed by atoms with Crippen molar-refractivity contribution < 1.29 is 18.3 Å². The van der Waals surface area contributed by atoms with Crippen LogP contribution in [-0.4, -0.2) is 19.1 Å². The molecule has 0 saturated heterocycles. The molecule has 0 N–H and O–H groups in total. The Labute approximate surface area is 697 Å². The third-order valence-electron chi connectivity index (χ3n) is 30.7. The topological polar surface area (TPSA) is 24.9 Å². The number of benzene rings is 2. The van der Waals surface area contributed by atoms with Crippen LogP contribution in [0.2, 0.25) is 11.1 Å². The van der Waals surface area contributed by atoms with Crippen LogP contribution in [0, 0.1) is 80.8 Å². The van der Waals surface area contributed by atoms with Gasteiger partial charge in [-0.15, -0.1) is 0 Å². The fourth-order valence-electron chi connectivity index (χ4n) is 25.4. The van der Waals surface area contributed by atoms with Crippen molar-refractivity contribution in [3.05, 3.63) is 382 Å². The largest absolute Gasteiger partial charge is 0.486 e. The second-order valence-electron chi connectivity index (χ2n) is 38.5. The Morgan fingerprint density at radius 1 is 0.513 bits per heavy atom. The molecule has 2 saturated carbocycles. The van der Waals surface area contributed by atoms with Crippen LogP contribution in [0.4, 0.5) is 14.5 Å². The van der Waals surface area contributed by atoms with Crippen LogP contribution in [0.3, 0.4) is 0 Å². The monoisotopic (exact) mass is 1560 g/mol. The number of ether oxygens (including phenoxy) is 2. The lowest BCUT2D eigenvalue weighted by atomic mass is 9.52. The van der Waals surface area contributed by atoms with Crippen LogP contribution in [0.15, 0.2) is 371 Å². The molecule has 598 valence electrons. The zero-order chi connectivity index (χ0) is 80.0. The zero-order valence-electron chi connectivity index (χ0n) is 69.8. The SMILES string of the molecule is C=CC1=CC=C(OC2=CCC(C3(C4C=CC(C(C)(C)C)=CC4)C4C=CC=CC4C4C=CC(N(C5=CC=C(F)CC5)C5=CC6c7cc(N(C8=CC9C(C=C8)C8C=CC=CC8C9(C8=CCC(Oc9ccc(C=C)cc9)C=C8)C8=CC=C(C(C)(C)C)CC8)C8=CC=C(F)CC8)ccc7[Si](C7=CC=CCC7)(C7CC=CCC7)C6CC5)=CC43)C=C2)CC1. The average Bonchev–Trinajstić information content (AvgIpc) is 1.56. The number of fused-ring (bicyclic) bond motifs is 9. The van der Waals surface area contributed by atoms with E-state index < -0.39 is 8.07 Å². The summed E-state index contributed by atoms with van der Waals surface area (Å²) >= 11 is 0. The van der Waals surface area contributed by atoms with Crippen molar-refractivity contribution in [2.45, 2.75) is 180 Å². The van der Waals surface area contributed by atoms with E-state index in [9.17, 15) is 0 Å². The molecule has 0 spiro atoms. The fraction of sp³-hybridized carbons (Fsp3) is 0.382. The predicted molar refractivity (Wildman–Crippen MR) is 484 cm³/mol. The maximum atomic E-state index is 15.9. The summed E-state index contributed by atoms with van der Waals surface area (Å²) in [6.07, 6.45) is 110. The molecule has 1 heterocycles. The van der Waals surface area contributed by atoms with Gasteiger partial charge in [-0.05, 0) is 294 Å². The molecule has 17 aliphatic rings. The van der Waals surface area contributed by atoms with Gasteiger partial charge in [-0.1, -0.05) is 265 Å². The van der Waals surface area contributed by atoms with Gasteiger partial charge in [-0.2, -0.15) is 0 Å². The van der Waals surface area contributed by atoms with Gasteiger partial charge >= 0.3 is 0 Å². The van der Waals surface area contributed by atoms with E-state index in [1.165, 1.54) is 56.9 Å². The van der Waals surface area contributed by atoms with Crippen LogP contribution >= 0.6 is 0 Å². The van der Waals surface area contributed by atoms with E-state index in [-0.39, 0.29) is 98.6 Å². The minimum Gasteiger partial charge on any atom is -0.486 e. The van der Waals surface area contributed by atoms with Crippen LogP contribution in [0.25, 0.3) is 6.08 Å². The molecule has 16 aliphatic carbocycles. The van der Waals surface area contributed by atoms with Gasteiger partial charge in [0.2, 0.25) is 0 Å². The van der Waals surface area contributed by atoms with Gasteiger partial charge in [0.1, 0.15) is 43.1 Å². The summed E-state index contributed by atoms with van der Waals surface area (Å²) in [6.45, 7) is 22.2. The number of nitrogens with zero attached hydrogens (tertiary/aromatic N) is 2. The second kappa shape index (κ2) is 31.3. The highest BCUT2D eigenvalue weighted by molar-refractivity contribution is 7.01.